The van der Waals surface area contributed by atoms with E-state index in [1.165, 1.54) is 0 Å². The largest absolute Gasteiger partial charge is 0.338 e. The van der Waals surface area contributed by atoms with Crippen molar-refractivity contribution in [3.05, 3.63) is 0 Å². The summed E-state index contributed by atoms with van der Waals surface area (Å²) in [5.74, 6) is -0.607. The van der Waals surface area contributed by atoms with Crippen LogP contribution in [0.4, 0.5) is 0 Å². The number of piperidine rings is 1. The van der Waals surface area contributed by atoms with E-state index in [0.717, 1.165) is 38.4 Å². The van der Waals surface area contributed by atoms with Crippen LogP contribution in [0.1, 0.15) is 38.5 Å². The van der Waals surface area contributed by atoms with Gasteiger partial charge in [0.1, 0.15) is 11.5 Å². The van der Waals surface area contributed by atoms with Crippen molar-refractivity contribution in [1.29, 1.82) is 0 Å². The zero-order valence-corrected chi connectivity index (χ0v) is 12.1. The van der Waals surface area contributed by atoms with Crippen molar-refractivity contribution in [1.82, 2.24) is 4.90 Å². The molecule has 1 heterocycles. The van der Waals surface area contributed by atoms with E-state index in [1.54, 1.807) is 4.90 Å². The van der Waals surface area contributed by atoms with E-state index >= 15 is 0 Å². The maximum absolute atomic E-state index is 12.1. The molecule has 0 bridgehead atoms. The monoisotopic (exact) mass is 287 g/mol. The molecule has 0 aromatic rings. The number of sulfone groups is 1. The number of ketones is 1. The SMILES string of the molecule is CS(=O)(=O)CC(=O)N1CCCCC1C1CCCC1=O. The molecule has 2 atom stereocenters. The lowest BCUT2D eigenvalue weighted by atomic mass is 9.88. The molecule has 5 nitrogen and oxygen atoms in total. The van der Waals surface area contributed by atoms with Crippen LogP contribution in [0.25, 0.3) is 0 Å². The van der Waals surface area contributed by atoms with Crippen LogP contribution in [0.5, 0.6) is 0 Å². The lowest BCUT2D eigenvalue weighted by molar-refractivity contribution is -0.135. The third kappa shape index (κ3) is 3.55. The van der Waals surface area contributed by atoms with Crippen molar-refractivity contribution in [3.63, 3.8) is 0 Å². The van der Waals surface area contributed by atoms with E-state index in [-0.39, 0.29) is 23.7 Å². The van der Waals surface area contributed by atoms with Gasteiger partial charge in [-0.1, -0.05) is 0 Å². The molecule has 0 N–H and O–H groups in total. The molecule has 1 saturated heterocycles. The molecule has 2 unspecified atom stereocenters. The summed E-state index contributed by atoms with van der Waals surface area (Å²) in [4.78, 5) is 25.6. The Morgan fingerprint density at radius 3 is 2.58 bits per heavy atom. The molecule has 6 heteroatoms. The highest BCUT2D eigenvalue weighted by atomic mass is 32.2. The Bertz CT molecular complexity index is 471. The lowest BCUT2D eigenvalue weighted by Gasteiger charge is -2.38. The number of carbonyl (C=O) groups is 2. The minimum absolute atomic E-state index is 0.0659. The Balaban J connectivity index is 2.11. The number of rotatable bonds is 3. The fraction of sp³-hybridized carbons (Fsp3) is 0.846. The van der Waals surface area contributed by atoms with Crippen LogP contribution in [0, 0.1) is 5.92 Å². The first kappa shape index (κ1) is 14.5. The van der Waals surface area contributed by atoms with E-state index in [4.69, 9.17) is 0 Å². The number of hydrogen-bond acceptors (Lipinski definition) is 4. The third-order valence-corrected chi connectivity index (χ3v) is 4.84. The molecular formula is C13H21NO4S. The first-order valence-corrected chi connectivity index (χ1v) is 8.94. The predicted octanol–water partition coefficient (Wildman–Crippen LogP) is 0.781. The summed E-state index contributed by atoms with van der Waals surface area (Å²) in [7, 11) is -3.31. The smallest absolute Gasteiger partial charge is 0.238 e. The van der Waals surface area contributed by atoms with Gasteiger partial charge in [0.25, 0.3) is 0 Å². The summed E-state index contributed by atoms with van der Waals surface area (Å²) >= 11 is 0. The topological polar surface area (TPSA) is 71.5 Å². The van der Waals surface area contributed by atoms with Crippen molar-refractivity contribution in [2.24, 2.45) is 5.92 Å². The van der Waals surface area contributed by atoms with Crippen molar-refractivity contribution < 1.29 is 18.0 Å². The van der Waals surface area contributed by atoms with Gasteiger partial charge in [-0.25, -0.2) is 8.42 Å². The zero-order chi connectivity index (χ0) is 14.0. The first-order valence-electron chi connectivity index (χ1n) is 6.88. The molecule has 0 aromatic carbocycles. The van der Waals surface area contributed by atoms with E-state index in [1.807, 2.05) is 0 Å². The Morgan fingerprint density at radius 1 is 1.26 bits per heavy atom. The van der Waals surface area contributed by atoms with Gasteiger partial charge < -0.3 is 4.90 Å². The minimum Gasteiger partial charge on any atom is -0.338 e. The summed E-state index contributed by atoms with van der Waals surface area (Å²) in [6.45, 7) is 0.586. The van der Waals surface area contributed by atoms with Crippen LogP contribution in [0.3, 0.4) is 0 Å². The normalized spacial score (nSPS) is 28.7. The van der Waals surface area contributed by atoms with E-state index < -0.39 is 15.6 Å². The van der Waals surface area contributed by atoms with Gasteiger partial charge in [-0.15, -0.1) is 0 Å². The summed E-state index contributed by atoms with van der Waals surface area (Å²) in [5.41, 5.74) is 0. The van der Waals surface area contributed by atoms with Gasteiger partial charge >= 0.3 is 0 Å². The number of nitrogens with zero attached hydrogens (tertiary/aromatic N) is 1. The fourth-order valence-corrected chi connectivity index (χ4v) is 3.86. The number of likely N-dealkylation sites (tertiary alicyclic amines) is 1. The first-order chi connectivity index (χ1) is 8.88. The second-order valence-electron chi connectivity index (χ2n) is 5.69. The molecule has 1 saturated carbocycles. The van der Waals surface area contributed by atoms with E-state index in [0.29, 0.717) is 13.0 Å². The highest BCUT2D eigenvalue weighted by Gasteiger charge is 2.39. The summed E-state index contributed by atoms with van der Waals surface area (Å²) in [6, 6.07) is -0.0713. The Kier molecular flexibility index (Phi) is 4.28. The quantitative estimate of drug-likeness (QED) is 0.769. The van der Waals surface area contributed by atoms with Crippen molar-refractivity contribution in [2.45, 2.75) is 44.6 Å². The molecule has 0 radical (unpaired) electrons. The predicted molar refractivity (Wildman–Crippen MR) is 71.4 cm³/mol. The van der Waals surface area contributed by atoms with Gasteiger partial charge in [-0.2, -0.15) is 0 Å². The van der Waals surface area contributed by atoms with Crippen LogP contribution in [-0.2, 0) is 19.4 Å². The zero-order valence-electron chi connectivity index (χ0n) is 11.3. The number of Topliss-reactive ketones (excluding diaryl/α,β-unsaturated/α-hetero) is 1. The highest BCUT2D eigenvalue weighted by Crippen LogP contribution is 2.32. The summed E-state index contributed by atoms with van der Waals surface area (Å²) in [5, 5.41) is 0. The van der Waals surface area contributed by atoms with Gasteiger partial charge in [0.15, 0.2) is 9.84 Å². The van der Waals surface area contributed by atoms with E-state index in [2.05, 4.69) is 0 Å². The van der Waals surface area contributed by atoms with Crippen LogP contribution < -0.4 is 0 Å². The van der Waals surface area contributed by atoms with Crippen molar-refractivity contribution in [3.8, 4) is 0 Å². The number of hydrogen-bond donors (Lipinski definition) is 0. The van der Waals surface area contributed by atoms with Crippen LogP contribution in [0.15, 0.2) is 0 Å². The maximum Gasteiger partial charge on any atom is 0.238 e. The third-order valence-electron chi connectivity index (χ3n) is 4.07. The van der Waals surface area contributed by atoms with Gasteiger partial charge in [-0.05, 0) is 32.1 Å². The van der Waals surface area contributed by atoms with Gasteiger partial charge in [-0.3, -0.25) is 9.59 Å². The molecular weight excluding hydrogens is 266 g/mol. The molecule has 2 aliphatic rings. The minimum atomic E-state index is -3.31. The molecule has 2 fully saturated rings. The molecule has 1 aliphatic heterocycles. The number of carbonyl (C=O) groups excluding carboxylic acids is 2. The lowest BCUT2D eigenvalue weighted by Crippen LogP contribution is -2.50. The summed E-state index contributed by atoms with van der Waals surface area (Å²) in [6.07, 6.45) is 6.15. The Labute approximate surface area is 114 Å². The van der Waals surface area contributed by atoms with Crippen LogP contribution in [-0.4, -0.2) is 49.6 Å². The molecule has 0 aromatic heterocycles. The van der Waals surface area contributed by atoms with E-state index in [9.17, 15) is 18.0 Å². The molecule has 0 spiro atoms. The van der Waals surface area contributed by atoms with Gasteiger partial charge in [0.05, 0.1) is 0 Å². The number of amides is 1. The Morgan fingerprint density at radius 2 is 2.00 bits per heavy atom. The molecule has 2 rings (SSSR count). The maximum atomic E-state index is 12.1. The van der Waals surface area contributed by atoms with Gasteiger partial charge in [0, 0.05) is 31.2 Å². The highest BCUT2D eigenvalue weighted by molar-refractivity contribution is 7.91. The molecule has 1 amide bonds. The second-order valence-corrected chi connectivity index (χ2v) is 7.83. The van der Waals surface area contributed by atoms with Gasteiger partial charge in [0.2, 0.25) is 5.91 Å². The molecule has 108 valence electrons. The van der Waals surface area contributed by atoms with Crippen LogP contribution in [0.2, 0.25) is 0 Å². The van der Waals surface area contributed by atoms with Crippen LogP contribution >= 0.6 is 0 Å². The molecule has 19 heavy (non-hydrogen) atoms. The summed E-state index contributed by atoms with van der Waals surface area (Å²) < 4.78 is 22.5. The Hall–Kier alpha value is -0.910. The molecule has 1 aliphatic carbocycles. The average Bonchev–Trinajstić information content (AvgIpc) is 2.73. The average molecular weight is 287 g/mol. The van der Waals surface area contributed by atoms with Crippen molar-refractivity contribution in [2.75, 3.05) is 18.6 Å². The second kappa shape index (κ2) is 5.61. The standard InChI is InChI=1S/C13H21NO4S/c1-19(17,18)9-13(16)14-8-3-2-6-11(14)10-5-4-7-12(10)15/h10-11H,2-9H2,1H3. The van der Waals surface area contributed by atoms with Crippen molar-refractivity contribution >= 4 is 21.5 Å². The fourth-order valence-electron chi connectivity index (χ4n) is 3.24.